The van der Waals surface area contributed by atoms with Gasteiger partial charge >= 0.3 is 0 Å². The fourth-order valence-corrected chi connectivity index (χ4v) is 2.25. The van der Waals surface area contributed by atoms with E-state index in [0.29, 0.717) is 11.3 Å². The Labute approximate surface area is 132 Å². The van der Waals surface area contributed by atoms with Gasteiger partial charge in [-0.05, 0) is 35.9 Å². The van der Waals surface area contributed by atoms with Crippen LogP contribution in [0.5, 0.6) is 5.75 Å². The Balaban J connectivity index is 2.25. The van der Waals surface area contributed by atoms with E-state index in [-0.39, 0.29) is 12.2 Å². The van der Waals surface area contributed by atoms with Crippen molar-refractivity contribution in [3.05, 3.63) is 65.2 Å². The van der Waals surface area contributed by atoms with E-state index < -0.39 is 23.6 Å². The average molecular weight is 321 g/mol. The van der Waals surface area contributed by atoms with Crippen molar-refractivity contribution in [1.82, 2.24) is 4.90 Å². The number of hydrogen-bond acceptors (Lipinski definition) is 3. The smallest absolute Gasteiger partial charge is 0.254 e. The van der Waals surface area contributed by atoms with Gasteiger partial charge in [0.2, 0.25) is 0 Å². The molecule has 0 radical (unpaired) electrons. The van der Waals surface area contributed by atoms with E-state index in [1.54, 1.807) is 24.3 Å². The van der Waals surface area contributed by atoms with Crippen LogP contribution in [-0.2, 0) is 0 Å². The molecule has 1 atom stereocenters. The van der Waals surface area contributed by atoms with Gasteiger partial charge in [-0.2, -0.15) is 0 Å². The van der Waals surface area contributed by atoms with Gasteiger partial charge < -0.3 is 14.7 Å². The lowest BCUT2D eigenvalue weighted by Crippen LogP contribution is -2.33. The summed E-state index contributed by atoms with van der Waals surface area (Å²) in [6.07, 6.45) is 0. The maximum atomic E-state index is 13.3. The first kappa shape index (κ1) is 16.9. The van der Waals surface area contributed by atoms with Gasteiger partial charge in [-0.1, -0.05) is 12.1 Å². The van der Waals surface area contributed by atoms with E-state index in [1.165, 1.54) is 25.1 Å². The highest BCUT2D eigenvalue weighted by molar-refractivity contribution is 5.94. The zero-order valence-corrected chi connectivity index (χ0v) is 12.8. The Morgan fingerprint density at radius 3 is 2.35 bits per heavy atom. The van der Waals surface area contributed by atoms with Crippen LogP contribution in [0.2, 0.25) is 0 Å². The Hall–Kier alpha value is -2.47. The molecule has 0 aliphatic carbocycles. The number of aliphatic hydroxyl groups excluding tert-OH is 1. The first-order valence-corrected chi connectivity index (χ1v) is 6.95. The monoisotopic (exact) mass is 321 g/mol. The summed E-state index contributed by atoms with van der Waals surface area (Å²) in [6, 6.07) is 9.24. The predicted molar refractivity (Wildman–Crippen MR) is 81.3 cm³/mol. The van der Waals surface area contributed by atoms with Crippen molar-refractivity contribution in [3.8, 4) is 5.75 Å². The Bertz CT molecular complexity index is 689. The predicted octanol–water partition coefficient (Wildman–Crippen LogP) is 2.78. The van der Waals surface area contributed by atoms with Crippen molar-refractivity contribution in [1.29, 1.82) is 0 Å². The standard InChI is InChI=1S/C17H17F2NO3/c1-20(17(22)12-5-8-14(18)15(19)9-12)16(10-21)11-3-6-13(23-2)7-4-11/h3-9,16,21H,10H2,1-2H3. The quantitative estimate of drug-likeness (QED) is 0.921. The molecule has 2 aromatic carbocycles. The van der Waals surface area contributed by atoms with Crippen molar-refractivity contribution in [3.63, 3.8) is 0 Å². The summed E-state index contributed by atoms with van der Waals surface area (Å²) < 4.78 is 31.3. The molecule has 0 heterocycles. The van der Waals surface area contributed by atoms with Gasteiger partial charge in [0.15, 0.2) is 11.6 Å². The minimum Gasteiger partial charge on any atom is -0.497 e. The molecule has 23 heavy (non-hydrogen) atoms. The SMILES string of the molecule is COc1ccc(C(CO)N(C)C(=O)c2ccc(F)c(F)c2)cc1. The lowest BCUT2D eigenvalue weighted by molar-refractivity contribution is 0.0658. The fourth-order valence-electron chi connectivity index (χ4n) is 2.25. The Morgan fingerprint density at radius 1 is 1.17 bits per heavy atom. The number of amides is 1. The summed E-state index contributed by atoms with van der Waals surface area (Å²) in [4.78, 5) is 13.7. The molecule has 1 unspecified atom stereocenters. The summed E-state index contributed by atoms with van der Waals surface area (Å²) in [7, 11) is 3.03. The van der Waals surface area contributed by atoms with Crippen LogP contribution in [0.4, 0.5) is 8.78 Å². The number of methoxy groups -OCH3 is 1. The maximum absolute atomic E-state index is 13.3. The molecule has 122 valence electrons. The third-order valence-electron chi connectivity index (χ3n) is 3.63. The summed E-state index contributed by atoms with van der Waals surface area (Å²) in [5, 5.41) is 9.61. The topological polar surface area (TPSA) is 49.8 Å². The molecule has 0 saturated carbocycles. The number of ether oxygens (including phenoxy) is 1. The van der Waals surface area contributed by atoms with Gasteiger partial charge in [0.25, 0.3) is 5.91 Å². The molecule has 1 N–H and O–H groups in total. The average Bonchev–Trinajstić information content (AvgIpc) is 2.57. The number of rotatable bonds is 5. The molecule has 0 aromatic heterocycles. The number of halogens is 2. The van der Waals surface area contributed by atoms with Crippen LogP contribution in [0.15, 0.2) is 42.5 Å². The fraction of sp³-hybridized carbons (Fsp3) is 0.235. The van der Waals surface area contributed by atoms with Crippen LogP contribution in [0.1, 0.15) is 22.0 Å². The normalized spacial score (nSPS) is 11.9. The van der Waals surface area contributed by atoms with Gasteiger partial charge in [-0.3, -0.25) is 4.79 Å². The number of carbonyl (C=O) groups excluding carboxylic acids is 1. The van der Waals surface area contributed by atoms with E-state index in [1.807, 2.05) is 0 Å². The van der Waals surface area contributed by atoms with Crippen LogP contribution in [0.3, 0.4) is 0 Å². The molecule has 0 aliphatic rings. The zero-order valence-electron chi connectivity index (χ0n) is 12.8. The van der Waals surface area contributed by atoms with Crippen molar-refractivity contribution in [2.45, 2.75) is 6.04 Å². The molecule has 4 nitrogen and oxygen atoms in total. The molecule has 1 amide bonds. The van der Waals surface area contributed by atoms with Crippen LogP contribution in [0.25, 0.3) is 0 Å². The van der Waals surface area contributed by atoms with Crippen LogP contribution in [-0.4, -0.2) is 36.7 Å². The molecule has 6 heteroatoms. The third kappa shape index (κ3) is 3.65. The molecule has 0 bridgehead atoms. The van der Waals surface area contributed by atoms with Gasteiger partial charge in [-0.15, -0.1) is 0 Å². The first-order chi connectivity index (χ1) is 11.0. The zero-order chi connectivity index (χ0) is 17.0. The molecule has 0 saturated heterocycles. The molecular formula is C17H17F2NO3. The van der Waals surface area contributed by atoms with E-state index >= 15 is 0 Å². The van der Waals surface area contributed by atoms with Crippen LogP contribution < -0.4 is 4.74 Å². The number of likely N-dealkylation sites (N-methyl/N-ethyl adjacent to an activating group) is 1. The highest BCUT2D eigenvalue weighted by Crippen LogP contribution is 2.23. The van der Waals surface area contributed by atoms with Crippen molar-refractivity contribution in [2.24, 2.45) is 0 Å². The van der Waals surface area contributed by atoms with E-state index in [4.69, 9.17) is 4.74 Å². The highest BCUT2D eigenvalue weighted by Gasteiger charge is 2.23. The summed E-state index contributed by atoms with van der Waals surface area (Å²) in [5.74, 6) is -1.97. The van der Waals surface area contributed by atoms with Crippen molar-refractivity contribution < 1.29 is 23.4 Å². The van der Waals surface area contributed by atoms with E-state index in [9.17, 15) is 18.7 Å². The maximum Gasteiger partial charge on any atom is 0.254 e. The Kier molecular flexibility index (Phi) is 5.28. The van der Waals surface area contributed by atoms with Crippen LogP contribution in [0, 0.1) is 11.6 Å². The van der Waals surface area contributed by atoms with E-state index in [0.717, 1.165) is 12.1 Å². The van der Waals surface area contributed by atoms with Gasteiger partial charge in [0.05, 0.1) is 19.8 Å². The van der Waals surface area contributed by atoms with Crippen molar-refractivity contribution >= 4 is 5.91 Å². The minimum atomic E-state index is -1.09. The van der Waals surface area contributed by atoms with Gasteiger partial charge in [0.1, 0.15) is 5.75 Å². The third-order valence-corrected chi connectivity index (χ3v) is 3.63. The summed E-state index contributed by atoms with van der Waals surface area (Å²) in [6.45, 7) is -0.307. The Morgan fingerprint density at radius 2 is 1.83 bits per heavy atom. The second-order valence-corrected chi connectivity index (χ2v) is 5.02. The number of aliphatic hydroxyl groups is 1. The largest absolute Gasteiger partial charge is 0.497 e. The molecule has 0 spiro atoms. The second-order valence-electron chi connectivity index (χ2n) is 5.02. The lowest BCUT2D eigenvalue weighted by Gasteiger charge is -2.27. The number of carbonyl (C=O) groups is 1. The minimum absolute atomic E-state index is 0.0124. The lowest BCUT2D eigenvalue weighted by atomic mass is 10.0. The van der Waals surface area contributed by atoms with E-state index in [2.05, 4.69) is 0 Å². The number of nitrogens with zero attached hydrogens (tertiary/aromatic N) is 1. The van der Waals surface area contributed by atoms with Gasteiger partial charge in [-0.25, -0.2) is 8.78 Å². The highest BCUT2D eigenvalue weighted by atomic mass is 19.2. The summed E-state index contributed by atoms with van der Waals surface area (Å²) >= 11 is 0. The van der Waals surface area contributed by atoms with Crippen molar-refractivity contribution in [2.75, 3.05) is 20.8 Å². The molecule has 2 rings (SSSR count). The molecule has 0 aliphatic heterocycles. The molecule has 2 aromatic rings. The second kappa shape index (κ2) is 7.19. The van der Waals surface area contributed by atoms with Gasteiger partial charge in [0, 0.05) is 12.6 Å². The molecule has 0 fully saturated rings. The number of hydrogen-bond donors (Lipinski definition) is 1. The first-order valence-electron chi connectivity index (χ1n) is 6.95. The van der Waals surface area contributed by atoms with Crippen LogP contribution >= 0.6 is 0 Å². The molecular weight excluding hydrogens is 304 g/mol. The number of benzene rings is 2. The summed E-state index contributed by atoms with van der Waals surface area (Å²) in [5.41, 5.74) is 0.713.